The second-order valence-corrected chi connectivity index (χ2v) is 9.10. The molecule has 0 aromatic heterocycles. The van der Waals surface area contributed by atoms with Gasteiger partial charge in [-0.05, 0) is 82.5 Å². The summed E-state index contributed by atoms with van der Waals surface area (Å²) in [7, 11) is 0. The number of halogens is 2. The molecule has 0 aliphatic heterocycles. The maximum atomic E-state index is 13.3. The fraction of sp³-hybridized carbons (Fsp3) is 0.417. The minimum absolute atomic E-state index is 0.153. The molecule has 168 valence electrons. The molecule has 0 heterocycles. The van der Waals surface area contributed by atoms with Gasteiger partial charge in [-0.25, -0.2) is 4.39 Å². The van der Waals surface area contributed by atoms with Crippen LogP contribution in [0.5, 0.6) is 5.75 Å². The van der Waals surface area contributed by atoms with Crippen molar-refractivity contribution in [3.8, 4) is 5.75 Å². The van der Waals surface area contributed by atoms with Crippen molar-refractivity contribution in [3.05, 3.63) is 63.9 Å². The summed E-state index contributed by atoms with van der Waals surface area (Å²) in [4.78, 5) is 27.2. The number of carbonyl (C=O) groups excluding carboxylic acids is 2. The van der Waals surface area contributed by atoms with Gasteiger partial charge in [0, 0.05) is 17.1 Å². The number of rotatable bonds is 7. The number of amides is 2. The second kappa shape index (κ2) is 10.1. The molecule has 1 unspecified atom stereocenters. The second-order valence-electron chi connectivity index (χ2n) is 8.72. The quantitative estimate of drug-likeness (QED) is 0.661. The average molecular weight is 449 g/mol. The van der Waals surface area contributed by atoms with Crippen molar-refractivity contribution in [1.29, 1.82) is 0 Å². The van der Waals surface area contributed by atoms with E-state index in [4.69, 9.17) is 16.3 Å². The number of ether oxygens (including phenoxy) is 1. The molecule has 0 aliphatic rings. The van der Waals surface area contributed by atoms with E-state index in [1.54, 1.807) is 31.2 Å². The minimum Gasteiger partial charge on any atom is -0.484 e. The van der Waals surface area contributed by atoms with Crippen LogP contribution in [0.15, 0.2) is 36.4 Å². The Morgan fingerprint density at radius 3 is 2.19 bits per heavy atom. The summed E-state index contributed by atoms with van der Waals surface area (Å²) in [5, 5.41) is 3.55. The molecular weight excluding hydrogens is 419 g/mol. The Morgan fingerprint density at radius 2 is 1.68 bits per heavy atom. The summed E-state index contributed by atoms with van der Waals surface area (Å²) >= 11 is 6.19. The van der Waals surface area contributed by atoms with Crippen LogP contribution in [0.25, 0.3) is 0 Å². The highest BCUT2D eigenvalue weighted by molar-refractivity contribution is 6.32. The number of hydrogen-bond acceptors (Lipinski definition) is 3. The normalized spacial score (nSPS) is 12.3. The van der Waals surface area contributed by atoms with Crippen molar-refractivity contribution in [3.63, 3.8) is 0 Å². The van der Waals surface area contributed by atoms with Crippen LogP contribution in [0.1, 0.15) is 44.4 Å². The van der Waals surface area contributed by atoms with Crippen LogP contribution in [-0.4, -0.2) is 34.9 Å². The largest absolute Gasteiger partial charge is 0.484 e. The summed E-state index contributed by atoms with van der Waals surface area (Å²) < 4.78 is 19.0. The van der Waals surface area contributed by atoms with Crippen molar-refractivity contribution >= 4 is 23.4 Å². The number of benzene rings is 2. The molecule has 2 amide bonds. The monoisotopic (exact) mass is 448 g/mol. The minimum atomic E-state index is -0.742. The first kappa shape index (κ1) is 24.7. The van der Waals surface area contributed by atoms with Crippen LogP contribution >= 0.6 is 11.6 Å². The van der Waals surface area contributed by atoms with Crippen LogP contribution in [-0.2, 0) is 16.1 Å². The van der Waals surface area contributed by atoms with Gasteiger partial charge in [0.2, 0.25) is 5.91 Å². The van der Waals surface area contributed by atoms with E-state index in [0.717, 1.165) is 11.1 Å². The molecule has 1 atom stereocenters. The summed E-state index contributed by atoms with van der Waals surface area (Å²) in [5.74, 6) is -0.467. The molecule has 0 aliphatic carbocycles. The molecule has 2 aromatic rings. The third-order valence-corrected chi connectivity index (χ3v) is 5.30. The van der Waals surface area contributed by atoms with Crippen molar-refractivity contribution in [1.82, 2.24) is 10.2 Å². The van der Waals surface area contributed by atoms with Crippen LogP contribution in [0.3, 0.4) is 0 Å². The lowest BCUT2D eigenvalue weighted by Crippen LogP contribution is -2.53. The number of aryl methyl sites for hydroxylation is 2. The van der Waals surface area contributed by atoms with Crippen LogP contribution < -0.4 is 10.1 Å². The van der Waals surface area contributed by atoms with Gasteiger partial charge in [-0.3, -0.25) is 9.59 Å². The molecule has 0 saturated heterocycles. The SMILES string of the molecule is Cc1cc(OCC(=O)N(Cc2ccc(F)cc2)C(C)C(=O)NC(C)(C)C)cc(C)c1Cl. The zero-order valence-electron chi connectivity index (χ0n) is 18.9. The maximum absolute atomic E-state index is 13.3. The van der Waals surface area contributed by atoms with Crippen molar-refractivity contribution in [2.24, 2.45) is 0 Å². The molecule has 0 bridgehead atoms. The van der Waals surface area contributed by atoms with Gasteiger partial charge in [-0.2, -0.15) is 0 Å². The number of carbonyl (C=O) groups is 2. The highest BCUT2D eigenvalue weighted by atomic mass is 35.5. The molecule has 2 rings (SSSR count). The van der Waals surface area contributed by atoms with E-state index in [1.165, 1.54) is 17.0 Å². The zero-order valence-corrected chi connectivity index (χ0v) is 19.6. The first-order chi connectivity index (χ1) is 14.4. The van der Waals surface area contributed by atoms with E-state index in [9.17, 15) is 14.0 Å². The number of nitrogens with zero attached hydrogens (tertiary/aromatic N) is 1. The fourth-order valence-corrected chi connectivity index (χ4v) is 3.17. The lowest BCUT2D eigenvalue weighted by Gasteiger charge is -2.31. The molecular formula is C24H30ClFN2O3. The van der Waals surface area contributed by atoms with Crippen molar-refractivity contribution in [2.75, 3.05) is 6.61 Å². The first-order valence-electron chi connectivity index (χ1n) is 10.1. The predicted octanol–water partition coefficient (Wildman–Crippen LogP) is 4.81. The van der Waals surface area contributed by atoms with E-state index in [1.807, 2.05) is 34.6 Å². The van der Waals surface area contributed by atoms with Crippen LogP contribution in [0.2, 0.25) is 5.02 Å². The Bertz CT molecular complexity index is 916. The summed E-state index contributed by atoms with van der Waals surface area (Å²) in [6, 6.07) is 8.63. The van der Waals surface area contributed by atoms with Gasteiger partial charge in [0.05, 0.1) is 0 Å². The topological polar surface area (TPSA) is 58.6 Å². The Kier molecular flexibility index (Phi) is 8.07. The molecule has 0 radical (unpaired) electrons. The molecule has 5 nitrogen and oxygen atoms in total. The zero-order chi connectivity index (χ0) is 23.3. The van der Waals surface area contributed by atoms with Gasteiger partial charge in [0.1, 0.15) is 17.6 Å². The first-order valence-corrected chi connectivity index (χ1v) is 10.5. The van der Waals surface area contributed by atoms with Gasteiger partial charge in [0.25, 0.3) is 5.91 Å². The molecule has 0 saturated carbocycles. The van der Waals surface area contributed by atoms with Gasteiger partial charge in [-0.15, -0.1) is 0 Å². The highest BCUT2D eigenvalue weighted by Crippen LogP contribution is 2.26. The molecule has 7 heteroatoms. The highest BCUT2D eigenvalue weighted by Gasteiger charge is 2.28. The van der Waals surface area contributed by atoms with E-state index in [2.05, 4.69) is 5.32 Å². The standard InChI is InChI=1S/C24H30ClFN2O3/c1-15-11-20(12-16(2)22(15)25)31-14-21(29)28(13-18-7-9-19(26)10-8-18)17(3)23(30)27-24(4,5)6/h7-12,17H,13-14H2,1-6H3,(H,27,30). The van der Waals surface area contributed by atoms with Gasteiger partial charge >= 0.3 is 0 Å². The third-order valence-electron chi connectivity index (χ3n) is 4.70. The molecule has 2 aromatic carbocycles. The molecule has 0 spiro atoms. The Balaban J connectivity index is 2.20. The summed E-state index contributed by atoms with van der Waals surface area (Å²) in [5.41, 5.74) is 1.98. The average Bonchev–Trinajstić information content (AvgIpc) is 2.67. The number of nitrogens with one attached hydrogen (secondary N) is 1. The molecule has 1 N–H and O–H groups in total. The van der Waals surface area contributed by atoms with Crippen molar-refractivity contribution in [2.45, 2.75) is 59.7 Å². The van der Waals surface area contributed by atoms with E-state index in [0.29, 0.717) is 16.3 Å². The third kappa shape index (κ3) is 7.24. The van der Waals surface area contributed by atoms with E-state index < -0.39 is 11.6 Å². The van der Waals surface area contributed by atoms with Crippen LogP contribution in [0, 0.1) is 19.7 Å². The Morgan fingerprint density at radius 1 is 1.13 bits per heavy atom. The maximum Gasteiger partial charge on any atom is 0.261 e. The lowest BCUT2D eigenvalue weighted by atomic mass is 10.1. The van der Waals surface area contributed by atoms with Crippen molar-refractivity contribution < 1.29 is 18.7 Å². The molecule has 0 fully saturated rings. The van der Waals surface area contributed by atoms with E-state index in [-0.39, 0.29) is 30.8 Å². The predicted molar refractivity (Wildman–Crippen MR) is 121 cm³/mol. The van der Waals surface area contributed by atoms with Gasteiger partial charge in [-0.1, -0.05) is 23.7 Å². The number of hydrogen-bond donors (Lipinski definition) is 1. The van der Waals surface area contributed by atoms with Gasteiger partial charge in [0.15, 0.2) is 6.61 Å². The molecule has 31 heavy (non-hydrogen) atoms. The summed E-state index contributed by atoms with van der Waals surface area (Å²) in [6.45, 7) is 10.9. The van der Waals surface area contributed by atoms with Crippen LogP contribution in [0.4, 0.5) is 4.39 Å². The van der Waals surface area contributed by atoms with E-state index >= 15 is 0 Å². The Labute approximate surface area is 188 Å². The van der Waals surface area contributed by atoms with Gasteiger partial charge < -0.3 is 15.0 Å². The Hall–Kier alpha value is -2.60. The fourth-order valence-electron chi connectivity index (χ4n) is 3.06. The lowest BCUT2D eigenvalue weighted by molar-refractivity contribution is -0.142. The smallest absolute Gasteiger partial charge is 0.261 e. The summed E-state index contributed by atoms with van der Waals surface area (Å²) in [6.07, 6.45) is 0.